The molecule has 0 bridgehead atoms. The van der Waals surface area contributed by atoms with E-state index in [1.54, 1.807) is 18.7 Å². The average molecular weight is 762 g/mol. The maximum Gasteiger partial charge on any atom is 1.00 e. The minimum atomic E-state index is 0. The molecule has 3 aromatic rings. The number of rotatable bonds is 2. The van der Waals surface area contributed by atoms with Crippen LogP contribution in [0.15, 0.2) is 14.9 Å². The molecule has 2 nitrogen and oxygen atoms in total. The van der Waals surface area contributed by atoms with Crippen molar-refractivity contribution in [2.75, 3.05) is 0 Å². The molecule has 0 saturated heterocycles. The Bertz CT molecular complexity index is 1410. The van der Waals surface area contributed by atoms with Gasteiger partial charge in [-0.15, -0.1) is 12.6 Å². The predicted octanol–water partition coefficient (Wildman–Crippen LogP) is 5.15. The maximum absolute atomic E-state index is 5.36. The molecule has 0 spiro atoms. The van der Waals surface area contributed by atoms with Crippen LogP contribution in [0.2, 0.25) is 0 Å². The summed E-state index contributed by atoms with van der Waals surface area (Å²) in [5.41, 5.74) is 26.4. The van der Waals surface area contributed by atoms with Gasteiger partial charge in [-0.2, -0.15) is 9.73 Å². The third-order valence-corrected chi connectivity index (χ3v) is 11.3. The summed E-state index contributed by atoms with van der Waals surface area (Å²) in [6, 6.07) is 0. The van der Waals surface area contributed by atoms with Gasteiger partial charge in [0.15, 0.2) is 0 Å². The SMILES string of the molecule is CC(=S)Sc1c(C)c(C)c(C)c(C)c1C.CC(=S)[S-].Cc1c(C)c(C)c(N=[NH2+])c(C)c1C.Cc1c(C)c(C)c(S)c(C)c1C.[Cl-].[K+]. The van der Waals surface area contributed by atoms with Gasteiger partial charge in [0.2, 0.25) is 0 Å². The Labute approximate surface area is 356 Å². The molecule has 46 heavy (non-hydrogen) atoms. The summed E-state index contributed by atoms with van der Waals surface area (Å²) < 4.78 is 1.57. The van der Waals surface area contributed by atoms with Gasteiger partial charge < -0.3 is 37.3 Å². The first-order chi connectivity index (χ1) is 20.1. The number of halogens is 1. The van der Waals surface area contributed by atoms with Crippen LogP contribution < -0.4 is 69.3 Å². The van der Waals surface area contributed by atoms with E-state index in [2.05, 4.69) is 146 Å². The average Bonchev–Trinajstić information content (AvgIpc) is 2.96. The largest absolute Gasteiger partial charge is 1.00 e. The zero-order valence-corrected chi connectivity index (χ0v) is 39.5. The Morgan fingerprint density at radius 1 is 0.543 bits per heavy atom. The Kier molecular flexibility index (Phi) is 25.2. The van der Waals surface area contributed by atoms with Crippen molar-refractivity contribution in [3.05, 3.63) is 83.5 Å². The molecule has 0 aliphatic rings. The van der Waals surface area contributed by atoms with Crippen LogP contribution in [0.3, 0.4) is 0 Å². The fourth-order valence-electron chi connectivity index (χ4n) is 4.92. The van der Waals surface area contributed by atoms with Crippen molar-refractivity contribution in [2.24, 2.45) is 5.11 Å². The molecule has 3 rings (SSSR count). The van der Waals surface area contributed by atoms with Crippen LogP contribution in [-0.4, -0.2) is 8.39 Å². The summed E-state index contributed by atoms with van der Waals surface area (Å²) in [5, 5.41) is 3.83. The second-order valence-electron chi connectivity index (χ2n) is 11.6. The molecule has 0 heterocycles. The van der Waals surface area contributed by atoms with Gasteiger partial charge in [-0.25, -0.2) is 0 Å². The number of hydrogen-bond acceptors (Lipinski definition) is 6. The standard InChI is InChI=1S/C13H18S2.C11H16N2.C11H16S.C2H4S2.ClH.K/c1-7-8(2)10(4)13(15-12(6)14)11(5)9(7)3;1-6-7(2)9(4)11(13-12)10(5)8(6)3;1-6-7(2)9(4)11(12)10(5)8(6)3;1-2(3)4;;/h1-6H3;12H,1-5H3;12H,1-5H3;1H3,(H,3,4);1H;/q;;;;;+1/p-1. The monoisotopic (exact) mass is 760 g/mol. The second kappa shape index (κ2) is 22.9. The molecule has 0 aromatic heterocycles. The van der Waals surface area contributed by atoms with Gasteiger partial charge in [0.25, 0.3) is 0 Å². The second-order valence-corrected chi connectivity index (χ2v) is 15.6. The molecule has 0 atom stereocenters. The van der Waals surface area contributed by atoms with Crippen molar-refractivity contribution >= 4 is 75.5 Å². The summed E-state index contributed by atoms with van der Waals surface area (Å²) in [4.78, 5) is 2.50. The molecule has 0 fully saturated rings. The number of thiol groups is 1. The van der Waals surface area contributed by atoms with Crippen LogP contribution in [0.1, 0.15) is 97.3 Å². The third kappa shape index (κ3) is 13.5. The molecular formula is C37H54ClKN2S5. The molecule has 0 radical (unpaired) electrons. The minimum absolute atomic E-state index is 0. The van der Waals surface area contributed by atoms with Crippen LogP contribution in [0.5, 0.6) is 0 Å². The van der Waals surface area contributed by atoms with Crippen LogP contribution in [0.25, 0.3) is 0 Å². The quantitative estimate of drug-likeness (QED) is 0.0949. The first kappa shape index (κ1) is 50.7. The Balaban J connectivity index is -0.000000560. The molecule has 0 aliphatic heterocycles. The maximum atomic E-state index is 5.36. The summed E-state index contributed by atoms with van der Waals surface area (Å²) in [7, 11) is 0. The van der Waals surface area contributed by atoms with Crippen LogP contribution in [0, 0.1) is 104 Å². The molecule has 0 aliphatic carbocycles. The van der Waals surface area contributed by atoms with Crippen molar-refractivity contribution in [1.29, 1.82) is 0 Å². The number of hydrogen-bond donors (Lipinski definition) is 2. The Morgan fingerprint density at radius 3 is 1.00 bits per heavy atom. The van der Waals surface area contributed by atoms with Crippen LogP contribution in [0.4, 0.5) is 5.69 Å². The first-order valence-electron chi connectivity index (χ1n) is 14.7. The third-order valence-electron chi connectivity index (χ3n) is 9.23. The Morgan fingerprint density at radius 2 is 0.761 bits per heavy atom. The number of nitrogens with zero attached hydrogens (tertiary/aromatic N) is 1. The van der Waals surface area contributed by atoms with Crippen molar-refractivity contribution in [3.63, 3.8) is 0 Å². The predicted molar refractivity (Wildman–Crippen MR) is 211 cm³/mol. The molecule has 0 amide bonds. The minimum Gasteiger partial charge on any atom is -1.00 e. The summed E-state index contributed by atoms with van der Waals surface area (Å²) >= 11 is 20.1. The van der Waals surface area contributed by atoms with Gasteiger partial charge in [-0.1, -0.05) is 30.9 Å². The number of thioether (sulfide) groups is 1. The summed E-state index contributed by atoms with van der Waals surface area (Å²) in [6.45, 7) is 36.0. The molecule has 250 valence electrons. The van der Waals surface area contributed by atoms with Crippen molar-refractivity contribution < 1.29 is 69.3 Å². The van der Waals surface area contributed by atoms with Gasteiger partial charge >= 0.3 is 51.4 Å². The number of nitrogens with two attached hydrogens (primary N) is 1. The topological polar surface area (TPSA) is 38.0 Å². The van der Waals surface area contributed by atoms with Crippen molar-refractivity contribution in [2.45, 2.75) is 127 Å². The van der Waals surface area contributed by atoms with Crippen LogP contribution in [-0.2, 0) is 12.6 Å². The molecule has 2 N–H and O–H groups in total. The van der Waals surface area contributed by atoms with E-state index in [-0.39, 0.29) is 63.8 Å². The molecule has 9 heteroatoms. The van der Waals surface area contributed by atoms with E-state index in [4.69, 9.17) is 17.7 Å². The van der Waals surface area contributed by atoms with Crippen LogP contribution >= 0.6 is 48.8 Å². The van der Waals surface area contributed by atoms with Gasteiger partial charge in [-0.3, -0.25) is 0 Å². The summed E-state index contributed by atoms with van der Waals surface area (Å²) in [5.74, 6) is 0. The number of benzene rings is 3. The normalized spacial score (nSPS) is 9.61. The van der Waals surface area contributed by atoms with Crippen molar-refractivity contribution in [3.8, 4) is 0 Å². The molecule has 0 saturated carbocycles. The van der Waals surface area contributed by atoms with E-state index in [1.165, 1.54) is 88.3 Å². The van der Waals surface area contributed by atoms with Gasteiger partial charge in [0.05, 0.1) is 0 Å². The van der Waals surface area contributed by atoms with Gasteiger partial charge in [-0.05, 0) is 199 Å². The molecular weight excluding hydrogens is 707 g/mol. The molecule has 3 aromatic carbocycles. The first-order valence-corrected chi connectivity index (χ1v) is 17.2. The van der Waals surface area contributed by atoms with Crippen molar-refractivity contribution in [1.82, 2.24) is 0 Å². The van der Waals surface area contributed by atoms with E-state index in [1.807, 2.05) is 6.92 Å². The van der Waals surface area contributed by atoms with Gasteiger partial charge in [0.1, 0.15) is 5.69 Å². The van der Waals surface area contributed by atoms with E-state index in [0.29, 0.717) is 4.20 Å². The fraction of sp³-hybridized carbons (Fsp3) is 0.459. The van der Waals surface area contributed by atoms with Gasteiger partial charge in [0, 0.05) is 14.0 Å². The zero-order chi connectivity index (χ0) is 35.0. The fourth-order valence-corrected chi connectivity index (χ4v) is 6.40. The smallest absolute Gasteiger partial charge is 1.00 e. The number of thiocarbonyl (C=S) groups is 2. The van der Waals surface area contributed by atoms with E-state index in [9.17, 15) is 0 Å². The molecule has 0 unspecified atom stereocenters. The van der Waals surface area contributed by atoms with E-state index < -0.39 is 0 Å². The zero-order valence-electron chi connectivity index (χ0n) is 31.5. The van der Waals surface area contributed by atoms with E-state index >= 15 is 0 Å². The summed E-state index contributed by atoms with van der Waals surface area (Å²) in [6.07, 6.45) is 0. The van der Waals surface area contributed by atoms with E-state index in [0.717, 1.165) is 14.8 Å². The Hall–Kier alpha value is 0.286.